The van der Waals surface area contributed by atoms with Crippen molar-refractivity contribution in [2.45, 2.75) is 68.1 Å². The predicted molar refractivity (Wildman–Crippen MR) is 113 cm³/mol. The van der Waals surface area contributed by atoms with Gasteiger partial charge in [-0.05, 0) is 37.4 Å². The van der Waals surface area contributed by atoms with Gasteiger partial charge >= 0.3 is 0 Å². The number of allylic oxidation sites excluding steroid dienone is 2. The summed E-state index contributed by atoms with van der Waals surface area (Å²) in [6.45, 7) is 25.7. The van der Waals surface area contributed by atoms with Crippen LogP contribution in [0.3, 0.4) is 0 Å². The van der Waals surface area contributed by atoms with E-state index in [1.54, 1.807) is 12.3 Å². The Morgan fingerprint density at radius 1 is 0.885 bits per heavy atom. The first kappa shape index (κ1) is 26.7. The van der Waals surface area contributed by atoms with Crippen LogP contribution >= 0.6 is 0 Å². The van der Waals surface area contributed by atoms with E-state index in [0.29, 0.717) is 19.0 Å². The Balaban J connectivity index is 0. The molecule has 4 nitrogen and oxygen atoms in total. The summed E-state index contributed by atoms with van der Waals surface area (Å²) in [5.74, 6) is 0.696. The third-order valence-corrected chi connectivity index (χ3v) is 3.09. The molecule has 0 atom stereocenters. The molecule has 0 saturated heterocycles. The highest BCUT2D eigenvalue weighted by Crippen LogP contribution is 2.14. The van der Waals surface area contributed by atoms with E-state index in [1.165, 1.54) is 19.3 Å². The highest BCUT2D eigenvalue weighted by Gasteiger charge is 2.15. The Bertz CT molecular complexity index is 472. The van der Waals surface area contributed by atoms with Gasteiger partial charge in [-0.1, -0.05) is 48.1 Å². The molecule has 0 amide bonds. The first-order valence-corrected chi connectivity index (χ1v) is 12.4. The van der Waals surface area contributed by atoms with Crippen LogP contribution in [0.4, 0.5) is 0 Å². The molecule has 0 spiro atoms. The van der Waals surface area contributed by atoms with Gasteiger partial charge in [-0.15, -0.1) is 0 Å². The fraction of sp³-hybridized carbons (Fsp3) is 0.667. The van der Waals surface area contributed by atoms with Gasteiger partial charge in [0.1, 0.15) is 0 Å². The van der Waals surface area contributed by atoms with Crippen LogP contribution < -0.4 is 0 Å². The highest BCUT2D eigenvalue weighted by molar-refractivity contribution is 6.70. The molecule has 152 valence electrons. The Labute approximate surface area is 162 Å². The third-order valence-electron chi connectivity index (χ3n) is 2.22. The Kier molecular flexibility index (Phi) is 12.3. The highest BCUT2D eigenvalue weighted by atomic mass is 28.4. The van der Waals surface area contributed by atoms with Crippen molar-refractivity contribution in [1.29, 1.82) is 0 Å². The molecule has 0 aliphatic carbocycles. The number of ether oxygens (including phenoxy) is 2. The average molecular weight is 385 g/mol. The van der Waals surface area contributed by atoms with Gasteiger partial charge in [-0.2, -0.15) is 0 Å². The molecule has 0 aromatic carbocycles. The summed E-state index contributed by atoms with van der Waals surface area (Å²) in [5, 5.41) is 0. The minimum absolute atomic E-state index is 0.0129. The summed E-state index contributed by atoms with van der Waals surface area (Å²) in [5.41, 5.74) is 0.340. The van der Waals surface area contributed by atoms with Gasteiger partial charge in [-0.25, -0.2) is 0 Å². The molecule has 26 heavy (non-hydrogen) atoms. The number of rotatable bonds is 8. The van der Waals surface area contributed by atoms with Crippen LogP contribution in [-0.2, 0) is 18.7 Å². The number of hydrogen-bond donors (Lipinski definition) is 0. The van der Waals surface area contributed by atoms with Crippen LogP contribution in [0.15, 0.2) is 37.0 Å². The molecule has 0 N–H and O–H groups in total. The van der Waals surface area contributed by atoms with E-state index in [0.717, 1.165) is 0 Å². The maximum absolute atomic E-state index is 10.4. The zero-order chi connectivity index (χ0) is 21.0. The van der Waals surface area contributed by atoms with E-state index in [-0.39, 0.29) is 16.6 Å². The van der Waals surface area contributed by atoms with Crippen LogP contribution in [0.2, 0.25) is 19.6 Å². The lowest BCUT2D eigenvalue weighted by Gasteiger charge is -2.19. The first-order valence-electron chi connectivity index (χ1n) is 8.97. The standard InChI is InChI=1S/C12H24O2Si.C9H16O2/c1-11(14-15(5,6)7)8-9-13-10-12(2,3)4;1-8(10)5-6-11-7-9(2,3)4/h8-9H,1,10H2,2-7H3;5-6H,7H2,1-4H3/b9-8+;6-5+. The van der Waals surface area contributed by atoms with Gasteiger partial charge in [0, 0.05) is 12.2 Å². The van der Waals surface area contributed by atoms with Gasteiger partial charge in [0.15, 0.2) is 5.78 Å². The minimum atomic E-state index is -1.52. The lowest BCUT2D eigenvalue weighted by Crippen LogP contribution is -2.24. The molecule has 5 heteroatoms. The van der Waals surface area contributed by atoms with Crippen molar-refractivity contribution in [3.8, 4) is 0 Å². The molecular weight excluding hydrogens is 344 g/mol. The van der Waals surface area contributed by atoms with Crippen molar-refractivity contribution in [3.63, 3.8) is 0 Å². The maximum Gasteiger partial charge on any atom is 0.242 e. The molecule has 0 aromatic rings. The van der Waals surface area contributed by atoms with Crippen LogP contribution in [0, 0.1) is 10.8 Å². The number of carbonyl (C=O) groups excluding carboxylic acids is 1. The lowest BCUT2D eigenvalue weighted by molar-refractivity contribution is -0.112. The second kappa shape index (κ2) is 12.0. The molecule has 0 saturated carbocycles. The number of hydrogen-bond acceptors (Lipinski definition) is 4. The number of carbonyl (C=O) groups is 1. The zero-order valence-electron chi connectivity index (χ0n) is 18.6. The molecule has 0 fully saturated rings. The maximum atomic E-state index is 10.4. The first-order chi connectivity index (χ1) is 11.5. The summed E-state index contributed by atoms with van der Waals surface area (Å²) in [6, 6.07) is 0. The molecule has 0 aliphatic heterocycles. The minimum Gasteiger partial charge on any atom is -0.545 e. The van der Waals surface area contributed by atoms with Crippen LogP contribution in [0.5, 0.6) is 0 Å². The molecule has 0 rings (SSSR count). The van der Waals surface area contributed by atoms with Crippen LogP contribution in [0.1, 0.15) is 48.5 Å². The monoisotopic (exact) mass is 384 g/mol. The van der Waals surface area contributed by atoms with Gasteiger partial charge < -0.3 is 13.9 Å². The molecule has 0 radical (unpaired) electrons. The lowest BCUT2D eigenvalue weighted by atomic mass is 9.99. The van der Waals surface area contributed by atoms with Crippen molar-refractivity contribution in [2.24, 2.45) is 10.8 Å². The fourth-order valence-electron chi connectivity index (χ4n) is 1.29. The van der Waals surface area contributed by atoms with E-state index in [1.807, 2.05) is 0 Å². The second-order valence-corrected chi connectivity index (χ2v) is 14.1. The van der Waals surface area contributed by atoms with E-state index >= 15 is 0 Å². The molecule has 0 unspecified atom stereocenters. The topological polar surface area (TPSA) is 44.8 Å². The van der Waals surface area contributed by atoms with Crippen molar-refractivity contribution in [2.75, 3.05) is 13.2 Å². The largest absolute Gasteiger partial charge is 0.545 e. The Morgan fingerprint density at radius 2 is 1.27 bits per heavy atom. The van der Waals surface area contributed by atoms with Crippen LogP contribution in [0.25, 0.3) is 0 Å². The normalized spacial score (nSPS) is 12.5. The van der Waals surface area contributed by atoms with Crippen molar-refractivity contribution in [1.82, 2.24) is 0 Å². The molecule has 0 heterocycles. The smallest absolute Gasteiger partial charge is 0.242 e. The van der Waals surface area contributed by atoms with Gasteiger partial charge in [0.05, 0.1) is 31.5 Å². The second-order valence-electron chi connectivity index (χ2n) is 9.64. The van der Waals surface area contributed by atoms with Gasteiger partial charge in [0.25, 0.3) is 0 Å². The van der Waals surface area contributed by atoms with Crippen molar-refractivity contribution in [3.05, 3.63) is 37.0 Å². The third kappa shape index (κ3) is 27.4. The van der Waals surface area contributed by atoms with E-state index in [2.05, 4.69) is 67.8 Å². The predicted octanol–water partition coefficient (Wildman–Crippen LogP) is 6.08. The van der Waals surface area contributed by atoms with E-state index < -0.39 is 8.32 Å². The summed E-state index contributed by atoms with van der Waals surface area (Å²) < 4.78 is 16.1. The summed E-state index contributed by atoms with van der Waals surface area (Å²) in [7, 11) is -1.52. The molecule has 0 aromatic heterocycles. The summed E-state index contributed by atoms with van der Waals surface area (Å²) >= 11 is 0. The van der Waals surface area contributed by atoms with Gasteiger partial charge in [0.2, 0.25) is 8.32 Å². The van der Waals surface area contributed by atoms with Crippen molar-refractivity contribution < 1.29 is 18.7 Å². The SMILES string of the molecule is C=C(/C=C/OCC(C)(C)C)O[Si](C)(C)C.CC(=O)/C=C/OCC(C)(C)C. The average Bonchev–Trinajstić information content (AvgIpc) is 2.36. The molecule has 0 aliphatic rings. The number of ketones is 1. The molecule has 0 bridgehead atoms. The van der Waals surface area contributed by atoms with Crippen molar-refractivity contribution >= 4 is 14.1 Å². The van der Waals surface area contributed by atoms with Crippen LogP contribution in [-0.4, -0.2) is 27.3 Å². The quantitative estimate of drug-likeness (QED) is 0.220. The summed E-state index contributed by atoms with van der Waals surface area (Å²) in [6.07, 6.45) is 6.32. The fourth-order valence-corrected chi connectivity index (χ4v) is 2.15. The van der Waals surface area contributed by atoms with E-state index in [9.17, 15) is 4.79 Å². The molecular formula is C21H40O4Si. The Hall–Kier alpha value is -1.49. The van der Waals surface area contributed by atoms with Gasteiger partial charge in [-0.3, -0.25) is 4.79 Å². The van der Waals surface area contributed by atoms with E-state index in [4.69, 9.17) is 13.9 Å². The zero-order valence-corrected chi connectivity index (χ0v) is 19.6. The Morgan fingerprint density at radius 3 is 1.58 bits per heavy atom. The summed E-state index contributed by atoms with van der Waals surface area (Å²) in [4.78, 5) is 10.4.